The molecular formula is C31H27ClN2O7S. The van der Waals surface area contributed by atoms with Crippen LogP contribution in [0.3, 0.4) is 0 Å². The second kappa shape index (κ2) is 11.8. The van der Waals surface area contributed by atoms with Gasteiger partial charge in [-0.3, -0.25) is 9.36 Å². The third kappa shape index (κ3) is 5.68. The third-order valence-electron chi connectivity index (χ3n) is 6.46. The number of aromatic nitrogens is 1. The minimum atomic E-state index is -1.09. The molecule has 0 fully saturated rings. The average Bonchev–Trinajstić information content (AvgIpc) is 3.52. The molecule has 3 heterocycles. The molecule has 0 radical (unpaired) electrons. The molecule has 1 aliphatic rings. The lowest BCUT2D eigenvalue weighted by atomic mass is 9.96. The number of carboxylic acid groups (broad SMARTS) is 1. The molecular weight excluding hydrogens is 580 g/mol. The van der Waals surface area contributed by atoms with E-state index in [1.807, 2.05) is 26.0 Å². The van der Waals surface area contributed by atoms with E-state index in [2.05, 4.69) is 4.99 Å². The van der Waals surface area contributed by atoms with Crippen molar-refractivity contribution in [3.63, 3.8) is 0 Å². The van der Waals surface area contributed by atoms with Crippen molar-refractivity contribution in [1.29, 1.82) is 0 Å². The topological polar surface area (TPSA) is 120 Å². The number of carboxylic acids is 1. The Morgan fingerprint density at radius 2 is 1.90 bits per heavy atom. The number of fused-ring (bicyclic) bond motifs is 1. The predicted molar refractivity (Wildman–Crippen MR) is 159 cm³/mol. The van der Waals surface area contributed by atoms with Crippen molar-refractivity contribution in [1.82, 2.24) is 4.57 Å². The van der Waals surface area contributed by atoms with Crippen molar-refractivity contribution in [2.24, 2.45) is 4.99 Å². The molecule has 0 saturated carbocycles. The first-order chi connectivity index (χ1) is 20.1. The zero-order valence-corrected chi connectivity index (χ0v) is 24.8. The van der Waals surface area contributed by atoms with Gasteiger partial charge in [-0.15, -0.1) is 0 Å². The van der Waals surface area contributed by atoms with E-state index in [1.54, 1.807) is 44.2 Å². The van der Waals surface area contributed by atoms with E-state index < -0.39 is 18.0 Å². The number of allylic oxidation sites excluding steroid dienone is 1. The number of ether oxygens (including phenoxy) is 2. The van der Waals surface area contributed by atoms with Crippen molar-refractivity contribution in [3.05, 3.63) is 107 Å². The highest BCUT2D eigenvalue weighted by Gasteiger charge is 2.33. The first-order valence-electron chi connectivity index (χ1n) is 13.2. The number of thiazole rings is 1. The summed E-state index contributed by atoms with van der Waals surface area (Å²) in [6.45, 7) is 7.48. The molecule has 11 heteroatoms. The molecule has 42 heavy (non-hydrogen) atoms. The van der Waals surface area contributed by atoms with Gasteiger partial charge in [0.1, 0.15) is 17.3 Å². The summed E-state index contributed by atoms with van der Waals surface area (Å²) in [6, 6.07) is 14.1. The van der Waals surface area contributed by atoms with Crippen LogP contribution in [0.5, 0.6) is 5.75 Å². The van der Waals surface area contributed by atoms with Gasteiger partial charge in [0.05, 0.1) is 45.1 Å². The number of benzene rings is 2. The summed E-state index contributed by atoms with van der Waals surface area (Å²) >= 11 is 7.47. The first kappa shape index (κ1) is 29.1. The van der Waals surface area contributed by atoms with Crippen molar-refractivity contribution in [2.75, 3.05) is 6.61 Å². The van der Waals surface area contributed by atoms with Crippen molar-refractivity contribution >= 4 is 41.0 Å². The number of halogens is 1. The molecule has 1 N–H and O–H groups in total. The highest BCUT2D eigenvalue weighted by molar-refractivity contribution is 7.07. The van der Waals surface area contributed by atoms with Crippen LogP contribution in [-0.2, 0) is 9.53 Å². The zero-order valence-electron chi connectivity index (χ0n) is 23.2. The number of furan rings is 1. The third-order valence-corrected chi connectivity index (χ3v) is 7.78. The molecule has 4 aromatic rings. The van der Waals surface area contributed by atoms with Crippen molar-refractivity contribution in [2.45, 2.75) is 39.8 Å². The van der Waals surface area contributed by atoms with Gasteiger partial charge in [0.2, 0.25) is 0 Å². The average molecular weight is 607 g/mol. The largest absolute Gasteiger partial charge is 0.491 e. The van der Waals surface area contributed by atoms with Crippen LogP contribution in [0.15, 0.2) is 80.1 Å². The van der Waals surface area contributed by atoms with Gasteiger partial charge in [-0.2, -0.15) is 0 Å². The summed E-state index contributed by atoms with van der Waals surface area (Å²) in [6.07, 6.45) is 1.58. The van der Waals surface area contributed by atoms with Crippen LogP contribution in [-0.4, -0.2) is 34.3 Å². The fraction of sp³-hybridized carbons (Fsp3) is 0.226. The van der Waals surface area contributed by atoms with Gasteiger partial charge in [-0.25, -0.2) is 14.6 Å². The number of esters is 1. The van der Waals surface area contributed by atoms with E-state index in [0.29, 0.717) is 48.5 Å². The Bertz CT molecular complexity index is 1900. The summed E-state index contributed by atoms with van der Waals surface area (Å²) < 4.78 is 18.9. The zero-order chi connectivity index (χ0) is 30.1. The number of rotatable bonds is 8. The molecule has 0 aliphatic carbocycles. The van der Waals surface area contributed by atoms with E-state index >= 15 is 0 Å². The number of nitrogens with zero attached hydrogens (tertiary/aromatic N) is 2. The van der Waals surface area contributed by atoms with Gasteiger partial charge in [-0.1, -0.05) is 35.1 Å². The van der Waals surface area contributed by atoms with Crippen LogP contribution in [0, 0.1) is 0 Å². The van der Waals surface area contributed by atoms with Gasteiger partial charge in [0, 0.05) is 11.6 Å². The molecule has 0 spiro atoms. The number of carbonyl (C=O) groups excluding carboxylic acids is 1. The predicted octanol–water partition coefficient (Wildman–Crippen LogP) is 5.20. The molecule has 0 amide bonds. The lowest BCUT2D eigenvalue weighted by Crippen LogP contribution is -2.39. The highest BCUT2D eigenvalue weighted by Crippen LogP contribution is 2.33. The molecule has 2 aromatic heterocycles. The molecule has 0 bridgehead atoms. The summed E-state index contributed by atoms with van der Waals surface area (Å²) in [5.41, 5.74) is 1.56. The fourth-order valence-electron chi connectivity index (χ4n) is 4.66. The maximum absolute atomic E-state index is 13.9. The molecule has 9 nitrogen and oxygen atoms in total. The first-order valence-corrected chi connectivity index (χ1v) is 14.4. The Labute approximate surface area is 249 Å². The van der Waals surface area contributed by atoms with Gasteiger partial charge < -0.3 is 19.0 Å². The molecule has 5 rings (SSSR count). The van der Waals surface area contributed by atoms with Gasteiger partial charge in [-0.05, 0) is 75.7 Å². The van der Waals surface area contributed by atoms with E-state index in [4.69, 9.17) is 25.5 Å². The molecule has 1 atom stereocenters. The smallest absolute Gasteiger partial charge is 0.338 e. The van der Waals surface area contributed by atoms with Crippen LogP contribution < -0.4 is 19.6 Å². The molecule has 2 aromatic carbocycles. The van der Waals surface area contributed by atoms with E-state index in [-0.39, 0.29) is 29.4 Å². The second-order valence-electron chi connectivity index (χ2n) is 9.74. The minimum absolute atomic E-state index is 0.00925. The second-order valence-corrected chi connectivity index (χ2v) is 11.2. The Morgan fingerprint density at radius 3 is 2.57 bits per heavy atom. The SMILES string of the molecule is CCOC(=O)C1=C(C)N=c2s/c(=C\c3ccc(-c4cc(C(=O)O)ccc4Cl)o3)c(=O)n2[C@H]1c1ccc(OC(C)C)cc1. The fourth-order valence-corrected chi connectivity index (χ4v) is 5.90. The summed E-state index contributed by atoms with van der Waals surface area (Å²) in [5, 5.41) is 9.67. The number of hydrogen-bond donors (Lipinski definition) is 1. The van der Waals surface area contributed by atoms with Gasteiger partial charge in [0.15, 0.2) is 4.80 Å². The standard InChI is InChI=1S/C31H27ClN2O7S/c1-5-39-30(38)26-17(4)33-31-34(27(26)18-6-9-20(10-7-18)40-16(2)3)28(35)25(42-31)15-21-11-13-24(41-21)22-14-19(29(36)37)8-12-23(22)32/h6-16,27H,5H2,1-4H3,(H,36,37)/b25-15-/t27-/m0/s1. The molecule has 0 unspecified atom stereocenters. The maximum atomic E-state index is 13.9. The van der Waals surface area contributed by atoms with Crippen LogP contribution in [0.1, 0.15) is 55.4 Å². The number of aromatic carboxylic acids is 1. The lowest BCUT2D eigenvalue weighted by molar-refractivity contribution is -0.139. The molecule has 1 aliphatic heterocycles. The van der Waals surface area contributed by atoms with Crippen LogP contribution in [0.25, 0.3) is 17.4 Å². The number of carbonyl (C=O) groups is 2. The van der Waals surface area contributed by atoms with E-state index in [0.717, 1.165) is 0 Å². The van der Waals surface area contributed by atoms with Crippen LogP contribution >= 0.6 is 22.9 Å². The van der Waals surface area contributed by atoms with E-state index in [9.17, 15) is 19.5 Å². The van der Waals surface area contributed by atoms with Crippen molar-refractivity contribution < 1.29 is 28.6 Å². The van der Waals surface area contributed by atoms with Crippen LogP contribution in [0.4, 0.5) is 0 Å². The van der Waals surface area contributed by atoms with E-state index in [1.165, 1.54) is 34.1 Å². The Kier molecular flexibility index (Phi) is 8.20. The summed E-state index contributed by atoms with van der Waals surface area (Å²) in [5.74, 6) is -0.252. The van der Waals surface area contributed by atoms with Gasteiger partial charge >= 0.3 is 11.9 Å². The normalized spacial score (nSPS) is 15.0. The molecule has 0 saturated heterocycles. The molecule has 216 valence electrons. The lowest BCUT2D eigenvalue weighted by Gasteiger charge is -2.25. The Hall–Kier alpha value is -4.41. The Morgan fingerprint density at radius 1 is 1.17 bits per heavy atom. The monoisotopic (exact) mass is 606 g/mol. The minimum Gasteiger partial charge on any atom is -0.491 e. The maximum Gasteiger partial charge on any atom is 0.338 e. The highest BCUT2D eigenvalue weighted by atomic mass is 35.5. The quantitative estimate of drug-likeness (QED) is 0.274. The van der Waals surface area contributed by atoms with Crippen molar-refractivity contribution in [3.8, 4) is 17.1 Å². The Balaban J connectivity index is 1.60. The number of hydrogen-bond acceptors (Lipinski definition) is 8. The van der Waals surface area contributed by atoms with Gasteiger partial charge in [0.25, 0.3) is 5.56 Å². The summed E-state index contributed by atoms with van der Waals surface area (Å²) in [4.78, 5) is 43.4. The van der Waals surface area contributed by atoms with Crippen LogP contribution in [0.2, 0.25) is 5.02 Å². The summed E-state index contributed by atoms with van der Waals surface area (Å²) in [7, 11) is 0.